The number of hydrogen-bond donors (Lipinski definition) is 2. The SMILES string of the molecule is O=C(c1ccccc1)[C@@H]1[C@@]2(C(=O)Nc3ccccc32)[C@H]2c3ccccc3CCN2[C@@]12C(=O)Nc1ccc(Cl)cc12. The minimum Gasteiger partial charge on any atom is -0.325 e. The molecule has 8 rings (SSSR count). The third-order valence-electron chi connectivity index (χ3n) is 9.34. The fraction of sp³-hybridized carbons (Fsp3) is 0.182. The van der Waals surface area contributed by atoms with Crippen molar-refractivity contribution in [3.8, 4) is 0 Å². The van der Waals surface area contributed by atoms with Crippen molar-refractivity contribution in [3.05, 3.63) is 130 Å². The number of fused-ring (bicyclic) bond motifs is 9. The van der Waals surface area contributed by atoms with Crippen molar-refractivity contribution in [3.63, 3.8) is 0 Å². The van der Waals surface area contributed by atoms with Crippen LogP contribution in [-0.4, -0.2) is 29.0 Å². The normalized spacial score (nSPS) is 27.6. The number of amides is 2. The fourth-order valence-electron chi connectivity index (χ4n) is 7.97. The molecule has 2 spiro atoms. The first-order valence-corrected chi connectivity index (χ1v) is 13.8. The lowest BCUT2D eigenvalue weighted by molar-refractivity contribution is -0.128. The molecule has 0 saturated carbocycles. The second-order valence-electron chi connectivity index (χ2n) is 11.0. The average Bonchev–Trinajstić information content (AvgIpc) is 3.55. The number of nitrogens with one attached hydrogen (secondary N) is 2. The first-order chi connectivity index (χ1) is 19.5. The molecule has 4 heterocycles. The third kappa shape index (κ3) is 2.70. The zero-order chi connectivity index (χ0) is 27.2. The Hall–Kier alpha value is -4.26. The van der Waals surface area contributed by atoms with Gasteiger partial charge < -0.3 is 10.6 Å². The van der Waals surface area contributed by atoms with Gasteiger partial charge in [-0.05, 0) is 47.4 Å². The smallest absolute Gasteiger partial charge is 0.250 e. The van der Waals surface area contributed by atoms with Gasteiger partial charge in [0.25, 0.3) is 0 Å². The van der Waals surface area contributed by atoms with Crippen LogP contribution in [0.4, 0.5) is 11.4 Å². The highest BCUT2D eigenvalue weighted by Crippen LogP contribution is 2.69. The van der Waals surface area contributed by atoms with Crippen LogP contribution in [-0.2, 0) is 27.0 Å². The number of para-hydroxylation sites is 1. The molecule has 4 aliphatic rings. The fourth-order valence-corrected chi connectivity index (χ4v) is 8.14. The maximum absolute atomic E-state index is 15.0. The molecule has 0 aromatic heterocycles. The van der Waals surface area contributed by atoms with Gasteiger partial charge in [0, 0.05) is 34.1 Å². The number of benzene rings is 4. The van der Waals surface area contributed by atoms with Crippen molar-refractivity contribution in [1.29, 1.82) is 0 Å². The second-order valence-corrected chi connectivity index (χ2v) is 11.4. The predicted octanol–water partition coefficient (Wildman–Crippen LogP) is 5.49. The molecule has 1 fully saturated rings. The Morgan fingerprint density at radius 2 is 1.50 bits per heavy atom. The first kappa shape index (κ1) is 23.6. The number of ketones is 1. The molecule has 7 heteroatoms. The Morgan fingerprint density at radius 3 is 2.35 bits per heavy atom. The Bertz CT molecular complexity index is 1770. The molecule has 0 unspecified atom stereocenters. The van der Waals surface area contributed by atoms with Crippen molar-refractivity contribution in [2.24, 2.45) is 5.92 Å². The summed E-state index contributed by atoms with van der Waals surface area (Å²) in [7, 11) is 0. The molecule has 4 aliphatic heterocycles. The zero-order valence-electron chi connectivity index (χ0n) is 21.4. The molecule has 0 bridgehead atoms. The van der Waals surface area contributed by atoms with Gasteiger partial charge in [-0.2, -0.15) is 0 Å². The molecule has 6 nitrogen and oxygen atoms in total. The summed E-state index contributed by atoms with van der Waals surface area (Å²) >= 11 is 6.57. The molecule has 0 radical (unpaired) electrons. The minimum atomic E-state index is -1.46. The summed E-state index contributed by atoms with van der Waals surface area (Å²) in [5.41, 5.74) is 2.37. The van der Waals surface area contributed by atoms with Gasteiger partial charge in [-0.1, -0.05) is 84.4 Å². The lowest BCUT2D eigenvalue weighted by atomic mass is 9.59. The van der Waals surface area contributed by atoms with Crippen LogP contribution < -0.4 is 10.6 Å². The van der Waals surface area contributed by atoms with Gasteiger partial charge in [0.2, 0.25) is 11.8 Å². The summed E-state index contributed by atoms with van der Waals surface area (Å²) in [6.07, 6.45) is 0.684. The number of carbonyl (C=O) groups excluding carboxylic acids is 3. The zero-order valence-corrected chi connectivity index (χ0v) is 22.1. The Morgan fingerprint density at radius 1 is 0.800 bits per heavy atom. The van der Waals surface area contributed by atoms with E-state index >= 15 is 4.79 Å². The molecule has 0 aliphatic carbocycles. The van der Waals surface area contributed by atoms with Gasteiger partial charge in [0.1, 0.15) is 11.0 Å². The molecule has 4 atom stereocenters. The van der Waals surface area contributed by atoms with E-state index in [4.69, 9.17) is 11.6 Å². The predicted molar refractivity (Wildman–Crippen MR) is 152 cm³/mol. The number of halogens is 1. The number of anilines is 2. The van der Waals surface area contributed by atoms with Gasteiger partial charge in [-0.15, -0.1) is 0 Å². The van der Waals surface area contributed by atoms with Crippen LogP contribution in [0.1, 0.15) is 38.7 Å². The van der Waals surface area contributed by atoms with Gasteiger partial charge in [-0.25, -0.2) is 0 Å². The van der Waals surface area contributed by atoms with E-state index in [1.165, 1.54) is 0 Å². The Labute approximate surface area is 236 Å². The highest BCUT2D eigenvalue weighted by molar-refractivity contribution is 6.31. The van der Waals surface area contributed by atoms with Gasteiger partial charge in [-0.3, -0.25) is 19.3 Å². The number of rotatable bonds is 2. The Balaban J connectivity index is 1.54. The quantitative estimate of drug-likeness (QED) is 0.327. The summed E-state index contributed by atoms with van der Waals surface area (Å²) in [5.74, 6) is -1.89. The van der Waals surface area contributed by atoms with E-state index in [2.05, 4.69) is 21.6 Å². The molecule has 40 heavy (non-hydrogen) atoms. The highest BCUT2D eigenvalue weighted by Gasteiger charge is 2.79. The van der Waals surface area contributed by atoms with E-state index in [0.29, 0.717) is 40.5 Å². The van der Waals surface area contributed by atoms with Crippen LogP contribution >= 0.6 is 11.6 Å². The van der Waals surface area contributed by atoms with Crippen LogP contribution in [0.3, 0.4) is 0 Å². The highest BCUT2D eigenvalue weighted by atomic mass is 35.5. The molecule has 4 aromatic carbocycles. The van der Waals surface area contributed by atoms with Gasteiger partial charge >= 0.3 is 0 Å². The molecule has 2 N–H and O–H groups in total. The summed E-state index contributed by atoms with van der Waals surface area (Å²) in [4.78, 5) is 46.3. The van der Waals surface area contributed by atoms with Crippen LogP contribution in [0.15, 0.2) is 97.1 Å². The lowest BCUT2D eigenvalue weighted by Crippen LogP contribution is -2.55. The van der Waals surface area contributed by atoms with Crippen molar-refractivity contribution < 1.29 is 14.4 Å². The van der Waals surface area contributed by atoms with Crippen molar-refractivity contribution in [1.82, 2.24) is 4.90 Å². The summed E-state index contributed by atoms with van der Waals surface area (Å²) in [6, 6.07) is 29.4. The Kier molecular flexibility index (Phi) is 4.80. The molecule has 196 valence electrons. The van der Waals surface area contributed by atoms with Crippen LogP contribution in [0.5, 0.6) is 0 Å². The number of carbonyl (C=O) groups is 3. The molecule has 1 saturated heterocycles. The lowest BCUT2D eigenvalue weighted by Gasteiger charge is -2.42. The number of hydrogen-bond acceptors (Lipinski definition) is 4. The van der Waals surface area contributed by atoms with E-state index < -0.39 is 22.9 Å². The first-order valence-electron chi connectivity index (χ1n) is 13.4. The minimum absolute atomic E-state index is 0.248. The summed E-state index contributed by atoms with van der Waals surface area (Å²) in [6.45, 7) is 0.497. The maximum atomic E-state index is 15.0. The van der Waals surface area contributed by atoms with Crippen molar-refractivity contribution in [2.45, 2.75) is 23.4 Å². The van der Waals surface area contributed by atoms with Crippen molar-refractivity contribution >= 4 is 40.6 Å². The van der Waals surface area contributed by atoms with E-state index in [1.807, 2.05) is 60.7 Å². The molecular weight excluding hydrogens is 522 g/mol. The summed E-state index contributed by atoms with van der Waals surface area (Å²) in [5, 5.41) is 6.65. The topological polar surface area (TPSA) is 78.5 Å². The largest absolute Gasteiger partial charge is 0.325 e. The number of nitrogens with zero attached hydrogens (tertiary/aromatic N) is 1. The molecule has 4 aromatic rings. The monoisotopic (exact) mass is 545 g/mol. The average molecular weight is 546 g/mol. The molecular formula is C33H24ClN3O3. The van der Waals surface area contributed by atoms with Crippen LogP contribution in [0.25, 0.3) is 0 Å². The van der Waals surface area contributed by atoms with Gasteiger partial charge in [0.05, 0.1) is 12.0 Å². The van der Waals surface area contributed by atoms with Gasteiger partial charge in [0.15, 0.2) is 5.78 Å². The van der Waals surface area contributed by atoms with E-state index in [-0.39, 0.29) is 17.6 Å². The van der Waals surface area contributed by atoms with Crippen LogP contribution in [0.2, 0.25) is 5.02 Å². The number of Topliss-reactive ketones (excluding diaryl/α,β-unsaturated/α-hetero) is 1. The summed E-state index contributed by atoms with van der Waals surface area (Å²) < 4.78 is 0. The maximum Gasteiger partial charge on any atom is 0.250 e. The van der Waals surface area contributed by atoms with E-state index in [1.54, 1.807) is 30.3 Å². The van der Waals surface area contributed by atoms with E-state index in [0.717, 1.165) is 16.7 Å². The third-order valence-corrected chi connectivity index (χ3v) is 9.58. The molecule has 2 amide bonds. The standard InChI is InChI=1S/C33H24ClN3O3/c34-21-14-15-26-24(18-21)33(31(40)36-26)28(27(38)20-9-2-1-3-10-20)32(23-12-6-7-13-25(23)35-30(32)39)29-22-11-5-4-8-19(22)16-17-37(29)33/h1-15,18,28-29H,16-17H2,(H,35,39)(H,36,40)/t28-,29-,32-,33-/m1/s1. The van der Waals surface area contributed by atoms with Crippen LogP contribution in [0, 0.1) is 5.92 Å². The second kappa shape index (κ2) is 8.13. The van der Waals surface area contributed by atoms with E-state index in [9.17, 15) is 9.59 Å². The van der Waals surface area contributed by atoms with Crippen molar-refractivity contribution in [2.75, 3.05) is 17.2 Å².